The molecule has 0 heterocycles. The van der Waals surface area contributed by atoms with Crippen molar-refractivity contribution in [1.82, 2.24) is 0 Å². The van der Waals surface area contributed by atoms with Crippen LogP contribution in [0.15, 0.2) is 0 Å². The van der Waals surface area contributed by atoms with Gasteiger partial charge in [-0.25, -0.2) is 0 Å². The number of aliphatic hydroxyl groups is 2. The summed E-state index contributed by atoms with van der Waals surface area (Å²) in [6.07, 6.45) is 3.37. The van der Waals surface area contributed by atoms with Crippen LogP contribution in [0, 0.1) is 11.8 Å². The molecule has 4 atom stereocenters. The minimum Gasteiger partial charge on any atom is -0.390 e. The van der Waals surface area contributed by atoms with E-state index in [1.807, 2.05) is 0 Å². The van der Waals surface area contributed by atoms with Gasteiger partial charge < -0.3 is 10.2 Å². The number of hydrogen-bond donors (Lipinski definition) is 2. The van der Waals surface area contributed by atoms with Gasteiger partial charge in [-0.05, 0) is 31.6 Å². The molecule has 2 N–H and O–H groups in total. The third-order valence-electron chi connectivity index (χ3n) is 3.75. The molecule has 0 bridgehead atoms. The van der Waals surface area contributed by atoms with Gasteiger partial charge in [0.15, 0.2) is 0 Å². The first-order chi connectivity index (χ1) is 6.02. The van der Waals surface area contributed by atoms with Crippen molar-refractivity contribution >= 4 is 0 Å². The second-order valence-corrected chi connectivity index (χ2v) is 4.59. The van der Waals surface area contributed by atoms with E-state index in [2.05, 4.69) is 13.8 Å². The molecule has 0 spiro atoms. The van der Waals surface area contributed by atoms with Crippen LogP contribution < -0.4 is 0 Å². The molecule has 0 unspecified atom stereocenters. The van der Waals surface area contributed by atoms with Crippen molar-refractivity contribution in [3.05, 3.63) is 0 Å². The minimum atomic E-state index is -0.861. The summed E-state index contributed by atoms with van der Waals surface area (Å²) in [7, 11) is 0. The van der Waals surface area contributed by atoms with Gasteiger partial charge in [-0.15, -0.1) is 0 Å². The zero-order valence-electron chi connectivity index (χ0n) is 8.95. The van der Waals surface area contributed by atoms with Gasteiger partial charge in [0.2, 0.25) is 0 Å². The highest BCUT2D eigenvalue weighted by molar-refractivity contribution is 4.94. The number of rotatable bonds is 2. The normalized spacial score (nSPS) is 46.4. The lowest BCUT2D eigenvalue weighted by Gasteiger charge is -2.44. The van der Waals surface area contributed by atoms with Crippen molar-refractivity contribution in [2.75, 3.05) is 0 Å². The molecule has 78 valence electrons. The van der Waals surface area contributed by atoms with E-state index in [4.69, 9.17) is 0 Å². The van der Waals surface area contributed by atoms with Crippen molar-refractivity contribution in [1.29, 1.82) is 0 Å². The average Bonchev–Trinajstić information content (AvgIpc) is 2.09. The van der Waals surface area contributed by atoms with E-state index < -0.39 is 11.7 Å². The first kappa shape index (κ1) is 11.0. The fourth-order valence-corrected chi connectivity index (χ4v) is 2.48. The summed E-state index contributed by atoms with van der Waals surface area (Å²) in [4.78, 5) is 0. The van der Waals surface area contributed by atoms with E-state index >= 15 is 0 Å². The number of hydrogen-bond acceptors (Lipinski definition) is 2. The summed E-state index contributed by atoms with van der Waals surface area (Å²) in [5.74, 6) is 0.862. The van der Waals surface area contributed by atoms with Crippen LogP contribution in [0.5, 0.6) is 0 Å². The molecule has 2 nitrogen and oxygen atoms in total. The predicted molar refractivity (Wildman–Crippen MR) is 53.4 cm³/mol. The first-order valence-corrected chi connectivity index (χ1v) is 5.42. The molecule has 1 rings (SSSR count). The highest BCUT2D eigenvalue weighted by atomic mass is 16.3. The fourth-order valence-electron chi connectivity index (χ4n) is 2.48. The third kappa shape index (κ3) is 2.05. The smallest absolute Gasteiger partial charge is 0.0905 e. The zero-order chi connectivity index (χ0) is 10.1. The quantitative estimate of drug-likeness (QED) is 0.692. The zero-order valence-corrected chi connectivity index (χ0v) is 8.95. The molecule has 0 aromatic heterocycles. The monoisotopic (exact) mass is 186 g/mol. The van der Waals surface area contributed by atoms with Gasteiger partial charge in [0, 0.05) is 0 Å². The first-order valence-electron chi connectivity index (χ1n) is 5.42. The molecular formula is C11H22O2. The van der Waals surface area contributed by atoms with Gasteiger partial charge in [0.1, 0.15) is 0 Å². The van der Waals surface area contributed by atoms with Crippen molar-refractivity contribution in [2.24, 2.45) is 11.8 Å². The third-order valence-corrected chi connectivity index (χ3v) is 3.75. The summed E-state index contributed by atoms with van der Waals surface area (Å²) >= 11 is 0. The molecule has 13 heavy (non-hydrogen) atoms. The Balaban J connectivity index is 2.69. The Morgan fingerprint density at radius 2 is 1.85 bits per heavy atom. The van der Waals surface area contributed by atoms with E-state index in [-0.39, 0.29) is 5.92 Å². The molecule has 0 amide bonds. The molecule has 1 saturated carbocycles. The van der Waals surface area contributed by atoms with Crippen LogP contribution in [0.2, 0.25) is 0 Å². The van der Waals surface area contributed by atoms with E-state index in [0.717, 1.165) is 25.7 Å². The molecule has 1 aliphatic carbocycles. The molecule has 0 saturated heterocycles. The van der Waals surface area contributed by atoms with Crippen LogP contribution in [-0.2, 0) is 0 Å². The van der Waals surface area contributed by atoms with E-state index in [1.165, 1.54) is 0 Å². The Labute approximate surface area is 81.0 Å². The number of aliphatic hydroxyl groups excluding tert-OH is 1. The summed E-state index contributed by atoms with van der Waals surface area (Å²) in [5.41, 5.74) is -0.861. The second-order valence-electron chi connectivity index (χ2n) is 4.59. The van der Waals surface area contributed by atoms with Crippen LogP contribution in [0.1, 0.15) is 46.5 Å². The lowest BCUT2D eigenvalue weighted by molar-refractivity contribution is -0.137. The Bertz CT molecular complexity index is 165. The van der Waals surface area contributed by atoms with Crippen LogP contribution >= 0.6 is 0 Å². The highest BCUT2D eigenvalue weighted by Crippen LogP contribution is 2.39. The van der Waals surface area contributed by atoms with E-state index in [0.29, 0.717) is 5.92 Å². The van der Waals surface area contributed by atoms with Crippen LogP contribution in [0.25, 0.3) is 0 Å². The molecule has 1 fully saturated rings. The predicted octanol–water partition coefficient (Wildman–Crippen LogP) is 1.94. The Hall–Kier alpha value is -0.0800. The molecule has 0 aliphatic heterocycles. The van der Waals surface area contributed by atoms with Gasteiger partial charge in [-0.2, -0.15) is 0 Å². The van der Waals surface area contributed by atoms with E-state index in [9.17, 15) is 10.2 Å². The SMILES string of the molecule is CC[C@H]1C[C@@H](CC)[C@](C)(O)[C@H](O)C1. The molecule has 0 aromatic rings. The van der Waals surface area contributed by atoms with Crippen molar-refractivity contribution in [2.45, 2.75) is 58.2 Å². The largest absolute Gasteiger partial charge is 0.390 e. The van der Waals surface area contributed by atoms with Crippen molar-refractivity contribution in [3.63, 3.8) is 0 Å². The molecule has 0 aromatic carbocycles. The van der Waals surface area contributed by atoms with Gasteiger partial charge in [-0.3, -0.25) is 0 Å². The lowest BCUT2D eigenvalue weighted by Crippen LogP contribution is -2.51. The maximum Gasteiger partial charge on any atom is 0.0905 e. The van der Waals surface area contributed by atoms with Crippen LogP contribution in [0.4, 0.5) is 0 Å². The topological polar surface area (TPSA) is 40.5 Å². The van der Waals surface area contributed by atoms with Crippen molar-refractivity contribution in [3.8, 4) is 0 Å². The Kier molecular flexibility index (Phi) is 3.36. The Morgan fingerprint density at radius 3 is 2.31 bits per heavy atom. The molecule has 1 aliphatic rings. The van der Waals surface area contributed by atoms with Crippen LogP contribution in [0.3, 0.4) is 0 Å². The summed E-state index contributed by atoms with van der Waals surface area (Å²) in [5, 5.41) is 19.9. The lowest BCUT2D eigenvalue weighted by atomic mass is 9.68. The highest BCUT2D eigenvalue weighted by Gasteiger charge is 2.43. The van der Waals surface area contributed by atoms with E-state index in [1.54, 1.807) is 6.92 Å². The van der Waals surface area contributed by atoms with Gasteiger partial charge in [0.25, 0.3) is 0 Å². The summed E-state index contributed by atoms with van der Waals surface area (Å²) in [6.45, 7) is 6.02. The maximum absolute atomic E-state index is 10.1. The minimum absolute atomic E-state index is 0.265. The summed E-state index contributed by atoms with van der Waals surface area (Å²) in [6, 6.07) is 0. The molecule has 2 heteroatoms. The van der Waals surface area contributed by atoms with Gasteiger partial charge >= 0.3 is 0 Å². The van der Waals surface area contributed by atoms with Crippen molar-refractivity contribution < 1.29 is 10.2 Å². The van der Waals surface area contributed by atoms with Crippen LogP contribution in [-0.4, -0.2) is 21.9 Å². The maximum atomic E-state index is 10.1. The average molecular weight is 186 g/mol. The van der Waals surface area contributed by atoms with Gasteiger partial charge in [-0.1, -0.05) is 26.7 Å². The molecular weight excluding hydrogens is 164 g/mol. The second kappa shape index (κ2) is 3.97. The Morgan fingerprint density at radius 1 is 1.23 bits per heavy atom. The molecule has 0 radical (unpaired) electrons. The standard InChI is InChI=1S/C11H22O2/c1-4-8-6-9(5-2)11(3,13)10(12)7-8/h8-10,12-13H,4-7H2,1-3H3/t8-,9+,10+,11-/m0/s1. The fraction of sp³-hybridized carbons (Fsp3) is 1.00. The summed E-state index contributed by atoms with van der Waals surface area (Å²) < 4.78 is 0. The van der Waals surface area contributed by atoms with Gasteiger partial charge in [0.05, 0.1) is 11.7 Å².